The SMILES string of the molecule is Nc1nc(NCCCCCO)cc(-c2cc(-c3ccc(O)cc3)ccc2O)n1. The molecule has 0 fully saturated rings. The van der Waals surface area contributed by atoms with Gasteiger partial charge < -0.3 is 26.4 Å². The molecule has 1 heterocycles. The predicted octanol–water partition coefficient (Wildman–Crippen LogP) is 3.38. The fraction of sp³-hybridized carbons (Fsp3) is 0.238. The summed E-state index contributed by atoms with van der Waals surface area (Å²) in [5, 5.41) is 31.9. The number of nitrogens with one attached hydrogen (secondary N) is 1. The fourth-order valence-corrected chi connectivity index (χ4v) is 2.90. The Morgan fingerprint density at radius 3 is 2.36 bits per heavy atom. The second kappa shape index (κ2) is 9.05. The van der Waals surface area contributed by atoms with E-state index in [1.807, 2.05) is 6.07 Å². The standard InChI is InChI=1S/C21H24N4O3/c22-21-24-18(13-20(25-21)23-10-2-1-3-11-26)17-12-15(6-9-19(17)28)14-4-7-16(27)8-5-14/h4-9,12-13,26-28H,1-3,10-11H2,(H3,22,23,24,25). The maximum Gasteiger partial charge on any atom is 0.222 e. The van der Waals surface area contributed by atoms with E-state index in [1.54, 1.807) is 42.5 Å². The number of hydrogen-bond donors (Lipinski definition) is 5. The number of aromatic hydroxyl groups is 2. The van der Waals surface area contributed by atoms with Crippen LogP contribution in [0.3, 0.4) is 0 Å². The topological polar surface area (TPSA) is 125 Å². The Bertz CT molecular complexity index is 929. The van der Waals surface area contributed by atoms with Crippen molar-refractivity contribution < 1.29 is 15.3 Å². The summed E-state index contributed by atoms with van der Waals surface area (Å²) in [7, 11) is 0. The minimum absolute atomic E-state index is 0.0922. The molecule has 6 N–H and O–H groups in total. The molecule has 0 amide bonds. The lowest BCUT2D eigenvalue weighted by atomic mass is 10.0. The largest absolute Gasteiger partial charge is 0.508 e. The number of hydrogen-bond acceptors (Lipinski definition) is 7. The average Bonchev–Trinajstić information content (AvgIpc) is 2.68. The average molecular weight is 380 g/mol. The van der Waals surface area contributed by atoms with E-state index in [0.29, 0.717) is 23.6 Å². The molecular weight excluding hydrogens is 356 g/mol. The van der Waals surface area contributed by atoms with E-state index in [0.717, 1.165) is 30.4 Å². The molecule has 0 radical (unpaired) electrons. The number of anilines is 2. The van der Waals surface area contributed by atoms with Crippen LogP contribution in [0.4, 0.5) is 11.8 Å². The number of benzene rings is 2. The van der Waals surface area contributed by atoms with Crippen LogP contribution in [-0.2, 0) is 0 Å². The molecule has 0 aliphatic rings. The van der Waals surface area contributed by atoms with Gasteiger partial charge in [0.2, 0.25) is 5.95 Å². The number of aliphatic hydroxyl groups is 1. The molecule has 28 heavy (non-hydrogen) atoms. The van der Waals surface area contributed by atoms with E-state index in [4.69, 9.17) is 10.8 Å². The van der Waals surface area contributed by atoms with E-state index in [1.165, 1.54) is 0 Å². The van der Waals surface area contributed by atoms with Crippen molar-refractivity contribution >= 4 is 11.8 Å². The van der Waals surface area contributed by atoms with E-state index in [2.05, 4.69) is 15.3 Å². The third-order valence-electron chi connectivity index (χ3n) is 4.36. The molecule has 0 aliphatic carbocycles. The second-order valence-electron chi connectivity index (χ2n) is 6.49. The number of aliphatic hydroxyl groups excluding tert-OH is 1. The summed E-state index contributed by atoms with van der Waals surface area (Å²) in [6.07, 6.45) is 2.60. The maximum atomic E-state index is 10.3. The van der Waals surface area contributed by atoms with Gasteiger partial charge in [-0.25, -0.2) is 4.98 Å². The summed E-state index contributed by atoms with van der Waals surface area (Å²) in [5.74, 6) is 0.987. The molecule has 3 rings (SSSR count). The number of phenols is 2. The number of nitrogen functional groups attached to an aromatic ring is 1. The summed E-state index contributed by atoms with van der Waals surface area (Å²) in [6.45, 7) is 0.899. The van der Waals surface area contributed by atoms with Gasteiger partial charge in [0.05, 0.1) is 5.69 Å². The lowest BCUT2D eigenvalue weighted by molar-refractivity contribution is 0.283. The Hall–Kier alpha value is -3.32. The summed E-state index contributed by atoms with van der Waals surface area (Å²) in [4.78, 5) is 8.46. The van der Waals surface area contributed by atoms with Gasteiger partial charge in [0.25, 0.3) is 0 Å². The quantitative estimate of drug-likeness (QED) is 0.379. The molecule has 7 heteroatoms. The van der Waals surface area contributed by atoms with Crippen molar-refractivity contribution in [2.75, 3.05) is 24.2 Å². The first-order chi connectivity index (χ1) is 13.6. The van der Waals surface area contributed by atoms with Gasteiger partial charge in [0.15, 0.2) is 0 Å². The Kier molecular flexibility index (Phi) is 6.29. The van der Waals surface area contributed by atoms with Crippen molar-refractivity contribution in [2.24, 2.45) is 0 Å². The van der Waals surface area contributed by atoms with Crippen molar-refractivity contribution in [3.05, 3.63) is 48.5 Å². The molecule has 0 spiro atoms. The van der Waals surface area contributed by atoms with Gasteiger partial charge in [-0.3, -0.25) is 0 Å². The molecular formula is C21H24N4O3. The Balaban J connectivity index is 1.86. The zero-order valence-electron chi connectivity index (χ0n) is 15.5. The first-order valence-corrected chi connectivity index (χ1v) is 9.19. The van der Waals surface area contributed by atoms with E-state index < -0.39 is 0 Å². The molecule has 1 aromatic heterocycles. The first kappa shape index (κ1) is 19.4. The highest BCUT2D eigenvalue weighted by atomic mass is 16.3. The third-order valence-corrected chi connectivity index (χ3v) is 4.36. The zero-order chi connectivity index (χ0) is 19.9. The van der Waals surface area contributed by atoms with Crippen LogP contribution >= 0.6 is 0 Å². The predicted molar refractivity (Wildman–Crippen MR) is 110 cm³/mol. The van der Waals surface area contributed by atoms with Crippen LogP contribution < -0.4 is 11.1 Å². The summed E-state index contributed by atoms with van der Waals surface area (Å²) in [5.41, 5.74) is 8.71. The molecule has 0 saturated carbocycles. The summed E-state index contributed by atoms with van der Waals surface area (Å²) < 4.78 is 0. The monoisotopic (exact) mass is 380 g/mol. The van der Waals surface area contributed by atoms with Crippen LogP contribution in [-0.4, -0.2) is 38.4 Å². The third kappa shape index (κ3) is 4.89. The highest BCUT2D eigenvalue weighted by Crippen LogP contribution is 2.34. The molecule has 0 saturated heterocycles. The maximum absolute atomic E-state index is 10.3. The second-order valence-corrected chi connectivity index (χ2v) is 6.49. The smallest absolute Gasteiger partial charge is 0.222 e. The molecule has 0 unspecified atom stereocenters. The number of phenolic OH excluding ortho intramolecular Hbond substituents is 2. The normalized spacial score (nSPS) is 10.8. The van der Waals surface area contributed by atoms with E-state index in [-0.39, 0.29) is 24.1 Å². The van der Waals surface area contributed by atoms with Gasteiger partial charge in [-0.05, 0) is 54.7 Å². The van der Waals surface area contributed by atoms with Crippen molar-refractivity contribution in [2.45, 2.75) is 19.3 Å². The van der Waals surface area contributed by atoms with Gasteiger partial charge in [0, 0.05) is 24.8 Å². The van der Waals surface area contributed by atoms with Gasteiger partial charge in [0.1, 0.15) is 17.3 Å². The minimum atomic E-state index is 0.0922. The van der Waals surface area contributed by atoms with Crippen LogP contribution in [0.5, 0.6) is 11.5 Å². The number of rotatable bonds is 8. The van der Waals surface area contributed by atoms with E-state index >= 15 is 0 Å². The molecule has 7 nitrogen and oxygen atoms in total. The van der Waals surface area contributed by atoms with Crippen LogP contribution in [0.2, 0.25) is 0 Å². The number of nitrogens with zero attached hydrogens (tertiary/aromatic N) is 2. The van der Waals surface area contributed by atoms with Crippen LogP contribution in [0.25, 0.3) is 22.4 Å². The van der Waals surface area contributed by atoms with Crippen LogP contribution in [0, 0.1) is 0 Å². The highest BCUT2D eigenvalue weighted by Gasteiger charge is 2.11. The van der Waals surface area contributed by atoms with Gasteiger partial charge >= 0.3 is 0 Å². The Morgan fingerprint density at radius 2 is 1.61 bits per heavy atom. The lowest BCUT2D eigenvalue weighted by Gasteiger charge is -2.11. The zero-order valence-corrected chi connectivity index (χ0v) is 15.5. The number of nitrogens with two attached hydrogens (primary N) is 1. The summed E-state index contributed by atoms with van der Waals surface area (Å²) in [6, 6.07) is 13.8. The molecule has 0 bridgehead atoms. The first-order valence-electron chi connectivity index (χ1n) is 9.19. The minimum Gasteiger partial charge on any atom is -0.508 e. The van der Waals surface area contributed by atoms with Crippen molar-refractivity contribution in [1.29, 1.82) is 0 Å². The lowest BCUT2D eigenvalue weighted by Crippen LogP contribution is -2.06. The van der Waals surface area contributed by atoms with Crippen LogP contribution in [0.1, 0.15) is 19.3 Å². The molecule has 2 aromatic carbocycles. The van der Waals surface area contributed by atoms with Crippen molar-refractivity contribution in [3.8, 4) is 33.9 Å². The number of aromatic nitrogens is 2. The highest BCUT2D eigenvalue weighted by molar-refractivity contribution is 5.77. The number of unbranched alkanes of at least 4 members (excludes halogenated alkanes) is 2. The molecule has 146 valence electrons. The molecule has 0 aliphatic heterocycles. The Labute approximate surface area is 163 Å². The Morgan fingerprint density at radius 1 is 0.857 bits per heavy atom. The van der Waals surface area contributed by atoms with Crippen LogP contribution in [0.15, 0.2) is 48.5 Å². The van der Waals surface area contributed by atoms with Gasteiger partial charge in [-0.15, -0.1) is 0 Å². The van der Waals surface area contributed by atoms with Crippen molar-refractivity contribution in [1.82, 2.24) is 9.97 Å². The van der Waals surface area contributed by atoms with Gasteiger partial charge in [-0.1, -0.05) is 18.2 Å². The summed E-state index contributed by atoms with van der Waals surface area (Å²) >= 11 is 0. The molecule has 0 atom stereocenters. The van der Waals surface area contributed by atoms with Crippen molar-refractivity contribution in [3.63, 3.8) is 0 Å². The van der Waals surface area contributed by atoms with E-state index in [9.17, 15) is 10.2 Å². The molecule has 3 aromatic rings. The van der Waals surface area contributed by atoms with Gasteiger partial charge in [-0.2, -0.15) is 4.98 Å². The fourth-order valence-electron chi connectivity index (χ4n) is 2.90.